The van der Waals surface area contributed by atoms with Crippen LogP contribution in [0.15, 0.2) is 0 Å². The molecule has 2 N–H and O–H groups in total. The van der Waals surface area contributed by atoms with Crippen molar-refractivity contribution in [3.05, 3.63) is 22.5 Å². The first-order valence-corrected chi connectivity index (χ1v) is 8.80. The lowest BCUT2D eigenvalue weighted by atomic mass is 10.0. The van der Waals surface area contributed by atoms with Crippen LogP contribution in [-0.4, -0.2) is 60.0 Å². The van der Waals surface area contributed by atoms with Crippen LogP contribution in [0, 0.1) is 13.8 Å². The number of nitrogens with zero attached hydrogens (tertiary/aromatic N) is 1. The zero-order valence-corrected chi connectivity index (χ0v) is 14.8. The summed E-state index contributed by atoms with van der Waals surface area (Å²) >= 11 is 0. The molecular weight excluding hydrogens is 306 g/mol. The number of carbonyl (C=O) groups excluding carboxylic acids is 2. The van der Waals surface area contributed by atoms with Crippen molar-refractivity contribution in [2.75, 3.05) is 26.3 Å². The summed E-state index contributed by atoms with van der Waals surface area (Å²) in [6, 6.07) is 0.743. The van der Waals surface area contributed by atoms with E-state index in [1.807, 2.05) is 13.8 Å². The molecule has 1 aromatic heterocycles. The number of carbonyl (C=O) groups is 2. The Hall–Kier alpha value is -1.66. The molecule has 0 aliphatic carbocycles. The van der Waals surface area contributed by atoms with Crippen molar-refractivity contribution in [2.45, 2.75) is 52.1 Å². The lowest BCUT2D eigenvalue weighted by Gasteiger charge is -2.35. The normalized spacial score (nSPS) is 22.7. The third kappa shape index (κ3) is 3.39. The number of hydrogen-bond donors (Lipinski definition) is 2. The number of nitrogens with one attached hydrogen (secondary N) is 2. The molecule has 2 saturated heterocycles. The van der Waals surface area contributed by atoms with Crippen LogP contribution in [0.2, 0.25) is 0 Å². The van der Waals surface area contributed by atoms with Crippen LogP contribution in [0.5, 0.6) is 0 Å². The summed E-state index contributed by atoms with van der Waals surface area (Å²) in [7, 11) is 0. The lowest BCUT2D eigenvalue weighted by Crippen LogP contribution is -2.48. The molecule has 0 saturated carbocycles. The molecule has 0 spiro atoms. The number of amides is 1. The minimum atomic E-state index is -0.106. The van der Waals surface area contributed by atoms with E-state index in [9.17, 15) is 9.59 Å². The van der Waals surface area contributed by atoms with Gasteiger partial charge in [0.25, 0.3) is 5.91 Å². The van der Waals surface area contributed by atoms with Gasteiger partial charge in [-0.05, 0) is 45.6 Å². The van der Waals surface area contributed by atoms with Crippen LogP contribution >= 0.6 is 0 Å². The molecule has 6 heteroatoms. The highest BCUT2D eigenvalue weighted by molar-refractivity contribution is 6.02. The summed E-state index contributed by atoms with van der Waals surface area (Å²) in [5.74, 6) is -0.113. The number of hydrogen-bond acceptors (Lipinski definition) is 4. The molecule has 1 aromatic rings. The number of ether oxygens (including phenoxy) is 1. The van der Waals surface area contributed by atoms with Gasteiger partial charge >= 0.3 is 0 Å². The molecule has 0 aromatic carbocycles. The van der Waals surface area contributed by atoms with Gasteiger partial charge in [0.2, 0.25) is 0 Å². The minimum absolute atomic E-state index is 0.00705. The van der Waals surface area contributed by atoms with Crippen LogP contribution in [0.25, 0.3) is 0 Å². The summed E-state index contributed by atoms with van der Waals surface area (Å²) in [5.41, 5.74) is 2.67. The molecule has 24 heavy (non-hydrogen) atoms. The maximum Gasteiger partial charge on any atom is 0.268 e. The first-order valence-electron chi connectivity index (χ1n) is 8.80. The van der Waals surface area contributed by atoms with Gasteiger partial charge in [-0.3, -0.25) is 14.5 Å². The fourth-order valence-corrected chi connectivity index (χ4v) is 3.98. The van der Waals surface area contributed by atoms with Gasteiger partial charge in [0.15, 0.2) is 5.78 Å². The third-order valence-electron chi connectivity index (χ3n) is 5.30. The molecule has 0 radical (unpaired) electrons. The molecule has 0 unspecified atom stereocenters. The quantitative estimate of drug-likeness (QED) is 0.824. The average Bonchev–Trinajstić information content (AvgIpc) is 3.16. The van der Waals surface area contributed by atoms with E-state index in [1.165, 1.54) is 6.92 Å². The minimum Gasteiger partial charge on any atom is -0.380 e. The van der Waals surface area contributed by atoms with Crippen LogP contribution in [0.3, 0.4) is 0 Å². The van der Waals surface area contributed by atoms with Crippen molar-refractivity contribution in [1.29, 1.82) is 0 Å². The molecule has 6 nitrogen and oxygen atoms in total. The lowest BCUT2D eigenvalue weighted by molar-refractivity contribution is 0.0870. The summed E-state index contributed by atoms with van der Waals surface area (Å²) in [4.78, 5) is 29.8. The molecule has 0 bridgehead atoms. The van der Waals surface area contributed by atoms with Gasteiger partial charge in [-0.1, -0.05) is 0 Å². The van der Waals surface area contributed by atoms with E-state index in [1.54, 1.807) is 0 Å². The van der Waals surface area contributed by atoms with Gasteiger partial charge in [0.1, 0.15) is 5.69 Å². The Morgan fingerprint density at radius 2 is 1.92 bits per heavy atom. The van der Waals surface area contributed by atoms with E-state index < -0.39 is 0 Å². The van der Waals surface area contributed by atoms with Gasteiger partial charge in [0, 0.05) is 43.0 Å². The van der Waals surface area contributed by atoms with Gasteiger partial charge in [0.05, 0.1) is 6.61 Å². The van der Waals surface area contributed by atoms with Gasteiger partial charge in [-0.25, -0.2) is 0 Å². The monoisotopic (exact) mass is 333 g/mol. The van der Waals surface area contributed by atoms with Crippen LogP contribution in [-0.2, 0) is 4.74 Å². The Bertz CT molecular complexity index is 624. The van der Waals surface area contributed by atoms with Crippen molar-refractivity contribution in [3.8, 4) is 0 Å². The number of piperidine rings is 1. The summed E-state index contributed by atoms with van der Waals surface area (Å²) in [5, 5.41) is 3.13. The number of aromatic nitrogens is 1. The second kappa shape index (κ2) is 7.07. The van der Waals surface area contributed by atoms with Crippen molar-refractivity contribution < 1.29 is 14.3 Å². The van der Waals surface area contributed by atoms with Gasteiger partial charge < -0.3 is 15.0 Å². The fourth-order valence-electron chi connectivity index (χ4n) is 3.98. The Labute approximate surface area is 142 Å². The number of rotatable bonds is 4. The Morgan fingerprint density at radius 3 is 2.46 bits per heavy atom. The molecule has 1 amide bonds. The second-order valence-corrected chi connectivity index (χ2v) is 6.98. The molecule has 1 atom stereocenters. The molecule has 2 aliphatic heterocycles. The van der Waals surface area contributed by atoms with Crippen LogP contribution < -0.4 is 5.32 Å². The third-order valence-corrected chi connectivity index (χ3v) is 5.30. The van der Waals surface area contributed by atoms with Crippen LogP contribution in [0.1, 0.15) is 58.3 Å². The molecule has 3 rings (SSSR count). The summed E-state index contributed by atoms with van der Waals surface area (Å²) in [6.07, 6.45) is 3.03. The Balaban J connectivity index is 1.58. The zero-order valence-electron chi connectivity index (χ0n) is 14.8. The van der Waals surface area contributed by atoms with Crippen LogP contribution in [0.4, 0.5) is 0 Å². The van der Waals surface area contributed by atoms with E-state index >= 15 is 0 Å². The zero-order chi connectivity index (χ0) is 17.3. The largest absolute Gasteiger partial charge is 0.380 e. The van der Waals surface area contributed by atoms with Crippen molar-refractivity contribution in [1.82, 2.24) is 15.2 Å². The highest BCUT2D eigenvalue weighted by atomic mass is 16.5. The fraction of sp³-hybridized carbons (Fsp3) is 0.667. The number of ketones is 1. The predicted octanol–water partition coefficient (Wildman–Crippen LogP) is 1.82. The van der Waals surface area contributed by atoms with Crippen molar-refractivity contribution in [3.63, 3.8) is 0 Å². The Kier molecular flexibility index (Phi) is 5.06. The van der Waals surface area contributed by atoms with E-state index in [0.29, 0.717) is 17.3 Å². The van der Waals surface area contributed by atoms with Crippen molar-refractivity contribution >= 4 is 11.7 Å². The highest BCUT2D eigenvalue weighted by Gasteiger charge is 2.29. The number of H-pyrrole nitrogens is 1. The molecule has 2 fully saturated rings. The van der Waals surface area contributed by atoms with E-state index in [4.69, 9.17) is 4.74 Å². The van der Waals surface area contributed by atoms with Gasteiger partial charge in [-0.15, -0.1) is 0 Å². The second-order valence-electron chi connectivity index (χ2n) is 6.98. The summed E-state index contributed by atoms with van der Waals surface area (Å²) in [6.45, 7) is 8.91. The highest BCUT2D eigenvalue weighted by Crippen LogP contribution is 2.21. The predicted molar refractivity (Wildman–Crippen MR) is 91.6 cm³/mol. The number of aryl methyl sites for hydroxylation is 1. The number of aromatic amines is 1. The molecule has 3 heterocycles. The Morgan fingerprint density at radius 1 is 1.21 bits per heavy atom. The molecule has 132 valence electrons. The average molecular weight is 333 g/mol. The molecule has 2 aliphatic rings. The van der Waals surface area contributed by atoms with E-state index in [2.05, 4.69) is 15.2 Å². The van der Waals surface area contributed by atoms with Gasteiger partial charge in [-0.2, -0.15) is 0 Å². The number of likely N-dealkylation sites (tertiary alicyclic amines) is 1. The van der Waals surface area contributed by atoms with E-state index in [0.717, 1.165) is 56.8 Å². The summed E-state index contributed by atoms with van der Waals surface area (Å²) < 4.78 is 5.46. The smallest absolute Gasteiger partial charge is 0.268 e. The van der Waals surface area contributed by atoms with Crippen molar-refractivity contribution in [2.24, 2.45) is 0 Å². The van der Waals surface area contributed by atoms with E-state index in [-0.39, 0.29) is 17.7 Å². The first-order chi connectivity index (χ1) is 11.5. The number of Topliss-reactive ketones (excluding diaryl/α,β-unsaturated/α-hetero) is 1. The maximum atomic E-state index is 12.6. The first kappa shape index (κ1) is 17.2. The molecular formula is C18H27N3O3. The standard InChI is InChI=1S/C18H27N3O3/c1-11-16(13(3)22)12(2)19-17(11)18(23)20-14-4-7-21(8-5-14)15-6-9-24-10-15/h14-15,19H,4-10H2,1-3H3,(H,20,23)/t15-/m1/s1. The SMILES string of the molecule is CC(=O)c1c(C)[nH]c(C(=O)NC2CCN([C@@H]3CCOC3)CC2)c1C. The maximum absolute atomic E-state index is 12.6. The topological polar surface area (TPSA) is 74.4 Å².